The molecule has 0 aliphatic carbocycles. The highest BCUT2D eigenvalue weighted by Gasteiger charge is 2.20. The fourth-order valence-electron chi connectivity index (χ4n) is 2.73. The predicted molar refractivity (Wildman–Crippen MR) is 108 cm³/mol. The molecule has 1 N–H and O–H groups in total. The van der Waals surface area contributed by atoms with Crippen LogP contribution in [0.4, 0.5) is 0 Å². The Morgan fingerprint density at radius 3 is 2.29 bits per heavy atom. The van der Waals surface area contributed by atoms with Gasteiger partial charge in [-0.15, -0.1) is 0 Å². The van der Waals surface area contributed by atoms with Gasteiger partial charge in [0.05, 0.1) is 0 Å². The average Bonchev–Trinajstić information content (AvgIpc) is 2.71. The molecule has 0 aromatic heterocycles. The molecule has 3 rings (SSSR count). The molecule has 1 atom stereocenters. The Labute approximate surface area is 167 Å². The van der Waals surface area contributed by atoms with Gasteiger partial charge in [0.1, 0.15) is 6.54 Å². The van der Waals surface area contributed by atoms with E-state index in [9.17, 15) is 14.4 Å². The van der Waals surface area contributed by atoms with Crippen LogP contribution in [-0.4, -0.2) is 30.3 Å². The van der Waals surface area contributed by atoms with E-state index in [4.69, 9.17) is 16.3 Å². The minimum atomic E-state index is -0.966. The summed E-state index contributed by atoms with van der Waals surface area (Å²) >= 11 is 5.80. The quantitative estimate of drug-likeness (QED) is 0.505. The number of rotatable bonds is 6. The lowest BCUT2D eigenvalue weighted by atomic mass is 10.1. The van der Waals surface area contributed by atoms with Gasteiger partial charge >= 0.3 is 5.97 Å². The van der Waals surface area contributed by atoms with Gasteiger partial charge in [0.25, 0.3) is 5.91 Å². The highest BCUT2D eigenvalue weighted by Crippen LogP contribution is 2.15. The minimum absolute atomic E-state index is 0.329. The number of nitrogens with one attached hydrogen (secondary N) is 1. The van der Waals surface area contributed by atoms with Crippen LogP contribution in [0.2, 0.25) is 5.02 Å². The van der Waals surface area contributed by atoms with Crippen LogP contribution in [0.3, 0.4) is 0 Å². The Kier molecular flexibility index (Phi) is 6.06. The lowest BCUT2D eigenvalue weighted by Crippen LogP contribution is -2.34. The number of hydrogen-bond acceptors (Lipinski definition) is 4. The molecule has 1 amide bonds. The lowest BCUT2D eigenvalue weighted by molar-refractivity contribution is -0.145. The first-order valence-corrected chi connectivity index (χ1v) is 9.08. The van der Waals surface area contributed by atoms with Gasteiger partial charge in [0, 0.05) is 16.1 Å². The third-order valence-corrected chi connectivity index (χ3v) is 4.46. The molecular weight excluding hydrogens is 378 g/mol. The molecular formula is C22H18ClNO4. The number of fused-ring (bicyclic) bond motifs is 1. The Bertz CT molecular complexity index is 1030. The monoisotopic (exact) mass is 395 g/mol. The molecule has 28 heavy (non-hydrogen) atoms. The van der Waals surface area contributed by atoms with Crippen molar-refractivity contribution in [3.63, 3.8) is 0 Å². The van der Waals surface area contributed by atoms with Crippen molar-refractivity contribution in [1.82, 2.24) is 5.32 Å². The van der Waals surface area contributed by atoms with Crippen molar-refractivity contribution >= 4 is 40.0 Å². The Morgan fingerprint density at radius 2 is 1.57 bits per heavy atom. The molecule has 6 heteroatoms. The van der Waals surface area contributed by atoms with Crippen molar-refractivity contribution in [1.29, 1.82) is 0 Å². The molecule has 0 saturated heterocycles. The highest BCUT2D eigenvalue weighted by atomic mass is 35.5. The summed E-state index contributed by atoms with van der Waals surface area (Å²) in [7, 11) is 0. The number of carbonyl (C=O) groups is 3. The maximum Gasteiger partial charge on any atom is 0.326 e. The zero-order valence-electron chi connectivity index (χ0n) is 15.1. The summed E-state index contributed by atoms with van der Waals surface area (Å²) in [5.74, 6) is -1.42. The van der Waals surface area contributed by atoms with Gasteiger partial charge in [-0.25, -0.2) is 0 Å². The highest BCUT2D eigenvalue weighted by molar-refractivity contribution is 6.30. The molecule has 0 spiro atoms. The van der Waals surface area contributed by atoms with Gasteiger partial charge in [0.2, 0.25) is 5.78 Å². The summed E-state index contributed by atoms with van der Waals surface area (Å²) in [6, 6.07) is 19.3. The van der Waals surface area contributed by atoms with E-state index in [0.717, 1.165) is 10.8 Å². The first-order valence-electron chi connectivity index (χ1n) is 8.70. The fraction of sp³-hybridized carbons (Fsp3) is 0.136. The second kappa shape index (κ2) is 8.67. The molecule has 0 bridgehead atoms. The third kappa shape index (κ3) is 4.75. The minimum Gasteiger partial charge on any atom is -0.453 e. The van der Waals surface area contributed by atoms with E-state index in [0.29, 0.717) is 16.1 Å². The van der Waals surface area contributed by atoms with E-state index in [1.165, 1.54) is 6.92 Å². The van der Waals surface area contributed by atoms with Gasteiger partial charge in [0.15, 0.2) is 6.10 Å². The van der Waals surface area contributed by atoms with E-state index in [-0.39, 0.29) is 18.2 Å². The van der Waals surface area contributed by atoms with E-state index in [2.05, 4.69) is 5.32 Å². The number of ketones is 1. The molecule has 0 aliphatic rings. The van der Waals surface area contributed by atoms with Gasteiger partial charge in [-0.1, -0.05) is 41.9 Å². The molecule has 0 saturated carbocycles. The van der Waals surface area contributed by atoms with Crippen LogP contribution in [0.5, 0.6) is 0 Å². The van der Waals surface area contributed by atoms with Crippen LogP contribution in [0.15, 0.2) is 66.7 Å². The SMILES string of the molecule is C[C@@H](OC(=O)CNC(=O)c1ccc2ccccc2c1)C(=O)c1ccc(Cl)cc1. The molecule has 3 aromatic rings. The number of benzene rings is 3. The first kappa shape index (κ1) is 19.6. The number of carbonyl (C=O) groups excluding carboxylic acids is 3. The summed E-state index contributed by atoms with van der Waals surface area (Å²) in [5, 5.41) is 4.98. The normalized spacial score (nSPS) is 11.6. The van der Waals surface area contributed by atoms with Crippen molar-refractivity contribution < 1.29 is 19.1 Å². The van der Waals surface area contributed by atoms with Crippen LogP contribution in [-0.2, 0) is 9.53 Å². The smallest absolute Gasteiger partial charge is 0.326 e. The number of halogens is 1. The van der Waals surface area contributed by atoms with Crippen LogP contribution in [0.1, 0.15) is 27.6 Å². The van der Waals surface area contributed by atoms with Crippen LogP contribution >= 0.6 is 11.6 Å². The van der Waals surface area contributed by atoms with E-state index >= 15 is 0 Å². The maximum atomic E-state index is 12.3. The number of amides is 1. The van der Waals surface area contributed by atoms with Crippen molar-refractivity contribution in [2.75, 3.05) is 6.54 Å². The van der Waals surface area contributed by atoms with E-state index in [1.807, 2.05) is 30.3 Å². The third-order valence-electron chi connectivity index (χ3n) is 4.21. The largest absolute Gasteiger partial charge is 0.453 e. The summed E-state index contributed by atoms with van der Waals surface area (Å²) < 4.78 is 5.12. The predicted octanol–water partition coefficient (Wildman–Crippen LogP) is 4.04. The zero-order valence-corrected chi connectivity index (χ0v) is 15.9. The van der Waals surface area contributed by atoms with Gasteiger partial charge in [-0.3, -0.25) is 14.4 Å². The average molecular weight is 396 g/mol. The Hall–Kier alpha value is -3.18. The molecule has 3 aromatic carbocycles. The number of hydrogen-bond donors (Lipinski definition) is 1. The first-order chi connectivity index (χ1) is 13.4. The molecule has 0 heterocycles. The van der Waals surface area contributed by atoms with Crippen LogP contribution < -0.4 is 5.32 Å². The second-order valence-corrected chi connectivity index (χ2v) is 6.68. The Balaban J connectivity index is 1.54. The summed E-state index contributed by atoms with van der Waals surface area (Å²) in [4.78, 5) is 36.5. The van der Waals surface area contributed by atoms with Gasteiger partial charge in [-0.2, -0.15) is 0 Å². The zero-order chi connectivity index (χ0) is 20.1. The number of esters is 1. The molecule has 0 aliphatic heterocycles. The number of Topliss-reactive ketones (excluding diaryl/α,β-unsaturated/α-hetero) is 1. The molecule has 0 fully saturated rings. The van der Waals surface area contributed by atoms with Crippen LogP contribution in [0, 0.1) is 0 Å². The van der Waals surface area contributed by atoms with Crippen LogP contribution in [0.25, 0.3) is 10.8 Å². The second-order valence-electron chi connectivity index (χ2n) is 6.25. The van der Waals surface area contributed by atoms with Crippen molar-refractivity contribution in [3.8, 4) is 0 Å². The molecule has 5 nitrogen and oxygen atoms in total. The lowest BCUT2D eigenvalue weighted by Gasteiger charge is -2.13. The summed E-state index contributed by atoms with van der Waals surface area (Å²) in [5.41, 5.74) is 0.835. The molecule has 0 radical (unpaired) electrons. The summed E-state index contributed by atoms with van der Waals surface area (Å²) in [6.45, 7) is 1.16. The molecule has 0 unspecified atom stereocenters. The van der Waals surface area contributed by atoms with Gasteiger partial charge in [-0.05, 0) is 54.1 Å². The van der Waals surface area contributed by atoms with Gasteiger partial charge < -0.3 is 10.1 Å². The number of ether oxygens (including phenoxy) is 1. The van der Waals surface area contributed by atoms with Crippen molar-refractivity contribution in [3.05, 3.63) is 82.9 Å². The Morgan fingerprint density at radius 1 is 0.929 bits per heavy atom. The molecule has 142 valence electrons. The summed E-state index contributed by atoms with van der Waals surface area (Å²) in [6.07, 6.45) is -0.966. The maximum absolute atomic E-state index is 12.3. The van der Waals surface area contributed by atoms with E-state index in [1.54, 1.807) is 36.4 Å². The fourth-order valence-corrected chi connectivity index (χ4v) is 2.85. The van der Waals surface area contributed by atoms with Crippen molar-refractivity contribution in [2.24, 2.45) is 0 Å². The topological polar surface area (TPSA) is 72.5 Å². The van der Waals surface area contributed by atoms with E-state index < -0.39 is 12.1 Å². The van der Waals surface area contributed by atoms with Crippen molar-refractivity contribution in [2.45, 2.75) is 13.0 Å². The standard InChI is InChI=1S/C22H18ClNO4/c1-14(21(26)16-8-10-19(23)11-9-16)28-20(25)13-24-22(27)18-7-6-15-4-2-3-5-17(15)12-18/h2-12,14H,13H2,1H3,(H,24,27)/t14-/m1/s1.